The molecule has 0 unspecified atom stereocenters. The second kappa shape index (κ2) is 6.70. The van der Waals surface area contributed by atoms with Crippen LogP contribution in [0.5, 0.6) is 0 Å². The van der Waals surface area contributed by atoms with E-state index in [1.54, 1.807) is 6.07 Å². The number of aromatic amines is 1. The number of fused-ring (bicyclic) bond motifs is 1. The molecule has 1 saturated heterocycles. The third-order valence-electron chi connectivity index (χ3n) is 5.60. The molecular formula is C18H30N4O2Si. The molecule has 3 rings (SSSR count). The molecule has 0 amide bonds. The van der Waals surface area contributed by atoms with Crippen LogP contribution in [0.15, 0.2) is 16.9 Å². The summed E-state index contributed by atoms with van der Waals surface area (Å²) in [5.74, 6) is 0. The highest BCUT2D eigenvalue weighted by Crippen LogP contribution is 2.37. The van der Waals surface area contributed by atoms with Crippen molar-refractivity contribution in [1.82, 2.24) is 19.9 Å². The Labute approximate surface area is 150 Å². The standard InChI is InChI=1S/C18H30N4O2Si/c1-18(2,3)25(4,5)24-12-13-10-17(23)20-16-11-15(21-22(13)16)14-8-6-7-9-19-14/h10-11,14,19H,6-9,12H2,1-5H3,(H,20,23)/t14-/m0/s1. The number of hydrogen-bond acceptors (Lipinski definition) is 4. The van der Waals surface area contributed by atoms with Crippen LogP contribution in [0.4, 0.5) is 0 Å². The van der Waals surface area contributed by atoms with Gasteiger partial charge >= 0.3 is 0 Å². The van der Waals surface area contributed by atoms with Gasteiger partial charge in [0.25, 0.3) is 5.56 Å². The summed E-state index contributed by atoms with van der Waals surface area (Å²) in [6, 6.07) is 3.86. The average Bonchev–Trinajstić information content (AvgIpc) is 2.96. The second-order valence-corrected chi connectivity index (χ2v) is 13.4. The van der Waals surface area contributed by atoms with Crippen LogP contribution in [-0.2, 0) is 11.0 Å². The number of aromatic nitrogens is 3. The Morgan fingerprint density at radius 1 is 1.32 bits per heavy atom. The Kier molecular flexibility index (Phi) is 4.92. The lowest BCUT2D eigenvalue weighted by Crippen LogP contribution is -2.40. The van der Waals surface area contributed by atoms with E-state index in [0.29, 0.717) is 6.61 Å². The Morgan fingerprint density at radius 2 is 2.08 bits per heavy atom. The molecule has 0 aliphatic carbocycles. The molecular weight excluding hydrogens is 332 g/mol. The van der Waals surface area contributed by atoms with Crippen LogP contribution < -0.4 is 10.9 Å². The molecule has 1 aliphatic rings. The van der Waals surface area contributed by atoms with Crippen LogP contribution in [0.25, 0.3) is 5.65 Å². The molecule has 0 saturated carbocycles. The zero-order valence-corrected chi connectivity index (χ0v) is 17.0. The van der Waals surface area contributed by atoms with E-state index >= 15 is 0 Å². The summed E-state index contributed by atoms with van der Waals surface area (Å²) >= 11 is 0. The van der Waals surface area contributed by atoms with Crippen LogP contribution in [0.3, 0.4) is 0 Å². The molecule has 0 radical (unpaired) electrons. The smallest absolute Gasteiger partial charge is 0.251 e. The molecule has 1 atom stereocenters. The number of nitrogens with zero attached hydrogens (tertiary/aromatic N) is 2. The summed E-state index contributed by atoms with van der Waals surface area (Å²) in [6.07, 6.45) is 3.51. The number of nitrogens with one attached hydrogen (secondary N) is 2. The van der Waals surface area contributed by atoms with Gasteiger partial charge in [-0.2, -0.15) is 5.10 Å². The monoisotopic (exact) mass is 362 g/mol. The van der Waals surface area contributed by atoms with Crippen molar-refractivity contribution in [3.63, 3.8) is 0 Å². The fourth-order valence-electron chi connectivity index (χ4n) is 2.93. The van der Waals surface area contributed by atoms with Crippen LogP contribution >= 0.6 is 0 Å². The minimum Gasteiger partial charge on any atom is -0.411 e. The maximum Gasteiger partial charge on any atom is 0.251 e. The summed E-state index contributed by atoms with van der Waals surface area (Å²) in [5, 5.41) is 8.41. The maximum absolute atomic E-state index is 12.1. The quantitative estimate of drug-likeness (QED) is 0.818. The number of hydrogen-bond donors (Lipinski definition) is 2. The molecule has 138 valence electrons. The summed E-state index contributed by atoms with van der Waals surface area (Å²) < 4.78 is 8.14. The third-order valence-corrected chi connectivity index (χ3v) is 10.1. The zero-order valence-electron chi connectivity index (χ0n) is 16.0. The highest BCUT2D eigenvalue weighted by atomic mass is 28.4. The molecule has 1 aliphatic heterocycles. The van der Waals surface area contributed by atoms with E-state index in [-0.39, 0.29) is 16.6 Å². The van der Waals surface area contributed by atoms with E-state index in [1.807, 2.05) is 10.6 Å². The van der Waals surface area contributed by atoms with Crippen molar-refractivity contribution in [2.75, 3.05) is 6.54 Å². The van der Waals surface area contributed by atoms with Gasteiger partial charge in [0.1, 0.15) is 5.65 Å². The lowest BCUT2D eigenvalue weighted by Gasteiger charge is -2.36. The summed E-state index contributed by atoms with van der Waals surface area (Å²) in [7, 11) is -1.88. The van der Waals surface area contributed by atoms with Gasteiger partial charge in [-0.3, -0.25) is 4.79 Å². The number of piperidine rings is 1. The molecule has 2 aromatic heterocycles. The fraction of sp³-hybridized carbons (Fsp3) is 0.667. The van der Waals surface area contributed by atoms with Crippen molar-refractivity contribution in [3.05, 3.63) is 33.9 Å². The van der Waals surface area contributed by atoms with Gasteiger partial charge in [-0.1, -0.05) is 27.2 Å². The molecule has 0 spiro atoms. The third kappa shape index (κ3) is 3.88. The maximum atomic E-state index is 12.1. The molecule has 0 aromatic carbocycles. The highest BCUT2D eigenvalue weighted by Gasteiger charge is 2.37. The van der Waals surface area contributed by atoms with Gasteiger partial charge in [0.05, 0.1) is 24.0 Å². The predicted molar refractivity (Wildman–Crippen MR) is 102 cm³/mol. The van der Waals surface area contributed by atoms with E-state index in [9.17, 15) is 4.79 Å². The van der Waals surface area contributed by atoms with Crippen molar-refractivity contribution in [2.24, 2.45) is 0 Å². The van der Waals surface area contributed by atoms with Crippen LogP contribution in [0, 0.1) is 0 Å². The molecule has 6 nitrogen and oxygen atoms in total. The summed E-state index contributed by atoms with van der Waals surface area (Å²) in [5.41, 5.74) is 2.44. The summed E-state index contributed by atoms with van der Waals surface area (Å²) in [4.78, 5) is 14.9. The van der Waals surface area contributed by atoms with E-state index < -0.39 is 8.32 Å². The Hall–Kier alpha value is -1.44. The van der Waals surface area contributed by atoms with Crippen LogP contribution in [0.1, 0.15) is 57.5 Å². The van der Waals surface area contributed by atoms with E-state index in [2.05, 4.69) is 44.2 Å². The van der Waals surface area contributed by atoms with Crippen molar-refractivity contribution >= 4 is 14.0 Å². The van der Waals surface area contributed by atoms with Crippen molar-refractivity contribution in [2.45, 2.75) is 70.8 Å². The Morgan fingerprint density at radius 3 is 2.72 bits per heavy atom. The average molecular weight is 363 g/mol. The fourth-order valence-corrected chi connectivity index (χ4v) is 3.87. The van der Waals surface area contributed by atoms with Crippen molar-refractivity contribution in [1.29, 1.82) is 0 Å². The van der Waals surface area contributed by atoms with Gasteiger partial charge in [-0.15, -0.1) is 0 Å². The van der Waals surface area contributed by atoms with Gasteiger partial charge in [-0.25, -0.2) is 4.52 Å². The predicted octanol–water partition coefficient (Wildman–Crippen LogP) is 3.36. The molecule has 3 heterocycles. The lowest BCUT2D eigenvalue weighted by molar-refractivity contribution is 0.268. The number of rotatable bonds is 4. The molecule has 7 heteroatoms. The van der Waals surface area contributed by atoms with E-state index in [4.69, 9.17) is 9.52 Å². The van der Waals surface area contributed by atoms with E-state index in [0.717, 1.165) is 30.0 Å². The number of H-pyrrole nitrogens is 1. The van der Waals surface area contributed by atoms with Gasteiger partial charge < -0.3 is 14.7 Å². The van der Waals surface area contributed by atoms with Gasteiger partial charge in [0.2, 0.25) is 0 Å². The topological polar surface area (TPSA) is 71.4 Å². The SMILES string of the molecule is CC(C)(C)[Si](C)(C)OCc1cc(=O)[nH]c2cc([C@@H]3CCCCN3)nn12. The summed E-state index contributed by atoms with van der Waals surface area (Å²) in [6.45, 7) is 12.5. The first-order valence-electron chi connectivity index (χ1n) is 9.17. The largest absolute Gasteiger partial charge is 0.411 e. The lowest BCUT2D eigenvalue weighted by atomic mass is 10.0. The molecule has 2 aromatic rings. The van der Waals surface area contributed by atoms with Crippen LogP contribution in [-0.4, -0.2) is 29.5 Å². The Bertz CT molecular complexity index is 797. The minimum atomic E-state index is -1.88. The Balaban J connectivity index is 1.89. The van der Waals surface area contributed by atoms with Crippen molar-refractivity contribution < 1.29 is 4.43 Å². The molecule has 2 N–H and O–H groups in total. The van der Waals surface area contributed by atoms with Crippen molar-refractivity contribution in [3.8, 4) is 0 Å². The van der Waals surface area contributed by atoms with E-state index in [1.165, 1.54) is 12.8 Å². The first-order chi connectivity index (χ1) is 11.7. The first kappa shape index (κ1) is 18.4. The van der Waals surface area contributed by atoms with Gasteiger partial charge in [-0.05, 0) is 37.5 Å². The zero-order chi connectivity index (χ0) is 18.2. The second-order valence-electron chi connectivity index (χ2n) is 8.54. The minimum absolute atomic E-state index is 0.107. The van der Waals surface area contributed by atoms with Gasteiger partial charge in [0, 0.05) is 12.1 Å². The molecule has 0 bridgehead atoms. The van der Waals surface area contributed by atoms with Crippen LogP contribution in [0.2, 0.25) is 18.1 Å². The molecule has 25 heavy (non-hydrogen) atoms. The van der Waals surface area contributed by atoms with Gasteiger partial charge in [0.15, 0.2) is 8.32 Å². The first-order valence-corrected chi connectivity index (χ1v) is 12.1. The molecule has 1 fully saturated rings. The highest BCUT2D eigenvalue weighted by molar-refractivity contribution is 6.74. The normalized spacial score (nSPS) is 19.5.